The molecule has 1 N–H and O–H groups in total. The Labute approximate surface area is 84.8 Å². The second-order valence-electron chi connectivity index (χ2n) is 2.76. The van der Waals surface area contributed by atoms with Crippen LogP contribution in [0.25, 0.3) is 0 Å². The highest BCUT2D eigenvalue weighted by atomic mass is 32.2. The molecule has 1 aromatic rings. The summed E-state index contributed by atoms with van der Waals surface area (Å²) >= 11 is 1.04. The Hall–Kier alpha value is -1.30. The number of carboxylic acids is 1. The molecule has 0 aromatic carbocycles. The van der Waals surface area contributed by atoms with E-state index >= 15 is 0 Å². The second kappa shape index (κ2) is 4.28. The van der Waals surface area contributed by atoms with E-state index in [4.69, 9.17) is 5.11 Å². The van der Waals surface area contributed by atoms with Gasteiger partial charge in [-0.2, -0.15) is 0 Å². The number of nitrogens with zero attached hydrogens (tertiary/aromatic N) is 2. The number of hydrogen-bond acceptors (Lipinski definition) is 4. The van der Waals surface area contributed by atoms with E-state index in [1.54, 1.807) is 14.0 Å². The van der Waals surface area contributed by atoms with E-state index in [0.29, 0.717) is 10.9 Å². The number of aryl methyl sites for hydroxylation is 1. The number of carbonyl (C=O) groups is 1. The lowest BCUT2D eigenvalue weighted by molar-refractivity contribution is -0.133. The molecule has 76 valence electrons. The Morgan fingerprint density at radius 3 is 2.93 bits per heavy atom. The Balaban J connectivity index is 2.96. The SMILES string of the molecule is Cc1cc(=O)n(C)c(SCC(=O)O)n1. The molecule has 0 saturated heterocycles. The molecule has 0 aliphatic carbocycles. The minimum Gasteiger partial charge on any atom is -0.481 e. The topological polar surface area (TPSA) is 72.2 Å². The van der Waals surface area contributed by atoms with Gasteiger partial charge in [0.05, 0.1) is 5.75 Å². The van der Waals surface area contributed by atoms with Gasteiger partial charge in [-0.1, -0.05) is 11.8 Å². The zero-order chi connectivity index (χ0) is 10.7. The van der Waals surface area contributed by atoms with Gasteiger partial charge < -0.3 is 5.11 Å². The van der Waals surface area contributed by atoms with Crippen molar-refractivity contribution in [3.05, 3.63) is 22.1 Å². The van der Waals surface area contributed by atoms with E-state index in [1.807, 2.05) is 0 Å². The van der Waals surface area contributed by atoms with Crippen molar-refractivity contribution in [2.75, 3.05) is 5.75 Å². The highest BCUT2D eigenvalue weighted by molar-refractivity contribution is 7.99. The third kappa shape index (κ3) is 2.59. The largest absolute Gasteiger partial charge is 0.481 e. The fraction of sp³-hybridized carbons (Fsp3) is 0.375. The van der Waals surface area contributed by atoms with Gasteiger partial charge in [0.25, 0.3) is 5.56 Å². The first-order valence-corrected chi connectivity index (χ1v) is 4.88. The molecule has 0 aliphatic heterocycles. The summed E-state index contributed by atoms with van der Waals surface area (Å²) in [5, 5.41) is 8.90. The number of thioether (sulfide) groups is 1. The smallest absolute Gasteiger partial charge is 0.313 e. The molecule has 1 heterocycles. The van der Waals surface area contributed by atoms with Crippen LogP contribution in [-0.2, 0) is 11.8 Å². The van der Waals surface area contributed by atoms with E-state index in [-0.39, 0.29) is 11.3 Å². The minimum atomic E-state index is -0.925. The van der Waals surface area contributed by atoms with Crippen molar-refractivity contribution in [3.63, 3.8) is 0 Å². The van der Waals surface area contributed by atoms with E-state index in [9.17, 15) is 9.59 Å². The molecule has 0 radical (unpaired) electrons. The first kappa shape index (κ1) is 10.8. The number of rotatable bonds is 3. The molecule has 0 fully saturated rings. The van der Waals surface area contributed by atoms with Gasteiger partial charge in [-0.05, 0) is 6.92 Å². The Kier molecular flexibility index (Phi) is 3.29. The van der Waals surface area contributed by atoms with Gasteiger partial charge in [-0.15, -0.1) is 0 Å². The van der Waals surface area contributed by atoms with Crippen molar-refractivity contribution in [1.82, 2.24) is 9.55 Å². The molecule has 14 heavy (non-hydrogen) atoms. The van der Waals surface area contributed by atoms with Crippen LogP contribution >= 0.6 is 11.8 Å². The van der Waals surface area contributed by atoms with Crippen molar-refractivity contribution in [2.45, 2.75) is 12.1 Å². The van der Waals surface area contributed by atoms with Crippen LogP contribution in [0.1, 0.15) is 5.69 Å². The summed E-state index contributed by atoms with van der Waals surface area (Å²) < 4.78 is 1.33. The van der Waals surface area contributed by atoms with Gasteiger partial charge in [-0.3, -0.25) is 14.2 Å². The predicted molar refractivity (Wildman–Crippen MR) is 52.6 cm³/mol. The maximum absolute atomic E-state index is 11.3. The fourth-order valence-corrected chi connectivity index (χ4v) is 1.63. The molecule has 0 atom stereocenters. The van der Waals surface area contributed by atoms with Crippen molar-refractivity contribution >= 4 is 17.7 Å². The van der Waals surface area contributed by atoms with E-state index in [2.05, 4.69) is 4.98 Å². The maximum Gasteiger partial charge on any atom is 0.313 e. The van der Waals surface area contributed by atoms with Crippen molar-refractivity contribution in [3.8, 4) is 0 Å². The molecule has 0 amide bonds. The zero-order valence-electron chi connectivity index (χ0n) is 7.85. The average Bonchev–Trinajstić information content (AvgIpc) is 2.08. The van der Waals surface area contributed by atoms with Crippen LogP contribution in [0.2, 0.25) is 0 Å². The van der Waals surface area contributed by atoms with Gasteiger partial charge in [0.1, 0.15) is 0 Å². The predicted octanol–water partition coefficient (Wildman–Crippen LogP) is 0.265. The van der Waals surface area contributed by atoms with E-state index in [0.717, 1.165) is 11.8 Å². The van der Waals surface area contributed by atoms with Crippen LogP contribution in [0.5, 0.6) is 0 Å². The molecule has 1 rings (SSSR count). The van der Waals surface area contributed by atoms with E-state index < -0.39 is 5.97 Å². The second-order valence-corrected chi connectivity index (χ2v) is 3.70. The van der Waals surface area contributed by atoms with Crippen LogP contribution in [0, 0.1) is 6.92 Å². The van der Waals surface area contributed by atoms with Gasteiger partial charge in [0.15, 0.2) is 5.16 Å². The normalized spacial score (nSPS) is 10.1. The van der Waals surface area contributed by atoms with Crippen LogP contribution < -0.4 is 5.56 Å². The van der Waals surface area contributed by atoms with Crippen molar-refractivity contribution < 1.29 is 9.90 Å². The molecular weight excluding hydrogens is 204 g/mol. The number of carboxylic acid groups (broad SMARTS) is 1. The molecule has 0 unspecified atom stereocenters. The first-order valence-electron chi connectivity index (χ1n) is 3.90. The highest BCUT2D eigenvalue weighted by Crippen LogP contribution is 2.12. The number of aromatic nitrogens is 2. The van der Waals surface area contributed by atoms with Gasteiger partial charge in [0, 0.05) is 18.8 Å². The van der Waals surface area contributed by atoms with E-state index in [1.165, 1.54) is 10.6 Å². The molecule has 0 spiro atoms. The lowest BCUT2D eigenvalue weighted by atomic mass is 10.4. The minimum absolute atomic E-state index is 0.0935. The third-order valence-corrected chi connectivity index (χ3v) is 2.56. The average molecular weight is 214 g/mol. The fourth-order valence-electron chi connectivity index (χ4n) is 0.883. The summed E-state index contributed by atoms with van der Waals surface area (Å²) in [6, 6.07) is 1.41. The summed E-state index contributed by atoms with van der Waals surface area (Å²) in [7, 11) is 1.57. The number of aliphatic carboxylic acids is 1. The molecule has 5 nitrogen and oxygen atoms in total. The summed E-state index contributed by atoms with van der Waals surface area (Å²) in [6.07, 6.45) is 0. The summed E-state index contributed by atoms with van der Waals surface area (Å²) in [5.74, 6) is -1.02. The Morgan fingerprint density at radius 1 is 1.71 bits per heavy atom. The lowest BCUT2D eigenvalue weighted by Gasteiger charge is -2.05. The lowest BCUT2D eigenvalue weighted by Crippen LogP contribution is -2.19. The quantitative estimate of drug-likeness (QED) is 0.577. The molecular formula is C8H10N2O3S. The maximum atomic E-state index is 11.3. The highest BCUT2D eigenvalue weighted by Gasteiger charge is 2.06. The molecule has 1 aromatic heterocycles. The van der Waals surface area contributed by atoms with Gasteiger partial charge in [-0.25, -0.2) is 4.98 Å². The standard InChI is InChI=1S/C8H10N2O3S/c1-5-3-6(11)10(2)8(9-5)14-4-7(12)13/h3H,4H2,1-2H3,(H,12,13). The van der Waals surface area contributed by atoms with Crippen LogP contribution in [0.4, 0.5) is 0 Å². The molecule has 0 aliphatic rings. The summed E-state index contributed by atoms with van der Waals surface area (Å²) in [4.78, 5) is 25.7. The van der Waals surface area contributed by atoms with Gasteiger partial charge in [0.2, 0.25) is 0 Å². The third-order valence-electron chi connectivity index (χ3n) is 1.55. The van der Waals surface area contributed by atoms with Crippen LogP contribution in [-0.4, -0.2) is 26.4 Å². The molecule has 0 saturated carbocycles. The van der Waals surface area contributed by atoms with Crippen molar-refractivity contribution in [2.24, 2.45) is 7.05 Å². The number of hydrogen-bond donors (Lipinski definition) is 1. The first-order chi connectivity index (χ1) is 6.50. The summed E-state index contributed by atoms with van der Waals surface area (Å²) in [6.45, 7) is 1.70. The Bertz CT molecular complexity index is 414. The van der Waals surface area contributed by atoms with Crippen LogP contribution in [0.3, 0.4) is 0 Å². The molecule has 6 heteroatoms. The van der Waals surface area contributed by atoms with Crippen LogP contribution in [0.15, 0.2) is 16.0 Å². The molecule has 0 bridgehead atoms. The van der Waals surface area contributed by atoms with Gasteiger partial charge >= 0.3 is 5.97 Å². The zero-order valence-corrected chi connectivity index (χ0v) is 8.67. The van der Waals surface area contributed by atoms with Crippen molar-refractivity contribution in [1.29, 1.82) is 0 Å². The monoisotopic (exact) mass is 214 g/mol. The Morgan fingerprint density at radius 2 is 2.36 bits per heavy atom. The summed E-state index contributed by atoms with van der Waals surface area (Å²) in [5.41, 5.74) is 0.423.